The lowest BCUT2D eigenvalue weighted by Gasteiger charge is -2.42. The first kappa shape index (κ1) is 19.2. The molecule has 3 aliphatic heterocycles. The number of likely N-dealkylation sites (tertiary alicyclic amines) is 3. The smallest absolute Gasteiger partial charge is 0.225 e. The van der Waals surface area contributed by atoms with Crippen LogP contribution in [0.1, 0.15) is 44.1 Å². The van der Waals surface area contributed by atoms with Gasteiger partial charge < -0.3 is 9.80 Å². The zero-order valence-corrected chi connectivity index (χ0v) is 17.0. The number of hydrogen-bond acceptors (Lipinski definition) is 3. The Balaban J connectivity index is 1.21. The minimum absolute atomic E-state index is 0.277. The van der Waals surface area contributed by atoms with Gasteiger partial charge in [0.15, 0.2) is 0 Å². The van der Waals surface area contributed by atoms with Crippen molar-refractivity contribution >= 4 is 17.5 Å². The molecular formula is C22H32ClN3O. The summed E-state index contributed by atoms with van der Waals surface area (Å²) in [5, 5.41) is 0.879. The molecule has 27 heavy (non-hydrogen) atoms. The molecule has 3 fully saturated rings. The van der Waals surface area contributed by atoms with Gasteiger partial charge in [-0.2, -0.15) is 0 Å². The van der Waals surface area contributed by atoms with E-state index in [1.807, 2.05) is 12.1 Å². The predicted molar refractivity (Wildman–Crippen MR) is 110 cm³/mol. The van der Waals surface area contributed by atoms with Crippen LogP contribution in [-0.4, -0.2) is 65.9 Å². The minimum atomic E-state index is 0.277. The number of rotatable bonds is 4. The molecule has 4 nitrogen and oxygen atoms in total. The molecule has 0 saturated carbocycles. The number of piperidine rings is 2. The Morgan fingerprint density at radius 1 is 0.926 bits per heavy atom. The minimum Gasteiger partial charge on any atom is -0.342 e. The Hall–Kier alpha value is -1.10. The van der Waals surface area contributed by atoms with E-state index in [0.717, 1.165) is 63.7 Å². The summed E-state index contributed by atoms with van der Waals surface area (Å²) in [7, 11) is 0. The summed E-state index contributed by atoms with van der Waals surface area (Å²) in [6, 6.07) is 8.88. The van der Waals surface area contributed by atoms with Crippen LogP contribution in [0.2, 0.25) is 5.02 Å². The van der Waals surface area contributed by atoms with Crippen LogP contribution >= 0.6 is 11.6 Å². The molecule has 0 aromatic heterocycles. The van der Waals surface area contributed by atoms with Gasteiger partial charge in [-0.15, -0.1) is 0 Å². The fourth-order valence-corrected chi connectivity index (χ4v) is 5.21. The summed E-state index contributed by atoms with van der Waals surface area (Å²) in [4.78, 5) is 19.9. The molecule has 148 valence electrons. The average Bonchev–Trinajstić information content (AvgIpc) is 3.25. The second kappa shape index (κ2) is 8.93. The SMILES string of the molecule is O=C(C1CCN(C2CCN(Cc3ccccc3Cl)CC2)CC1)N1CCCC1. The molecule has 1 aromatic carbocycles. The molecule has 0 aliphatic carbocycles. The number of halogens is 1. The molecule has 5 heteroatoms. The molecule has 4 rings (SSSR count). The van der Waals surface area contributed by atoms with Gasteiger partial charge >= 0.3 is 0 Å². The van der Waals surface area contributed by atoms with Crippen molar-refractivity contribution in [2.24, 2.45) is 5.92 Å². The number of carbonyl (C=O) groups is 1. The first-order valence-corrected chi connectivity index (χ1v) is 11.1. The first-order chi connectivity index (χ1) is 13.2. The number of nitrogens with zero attached hydrogens (tertiary/aromatic N) is 3. The van der Waals surface area contributed by atoms with Crippen molar-refractivity contribution < 1.29 is 4.79 Å². The van der Waals surface area contributed by atoms with Gasteiger partial charge in [0.05, 0.1) is 0 Å². The summed E-state index contributed by atoms with van der Waals surface area (Å²) in [5.41, 5.74) is 1.24. The van der Waals surface area contributed by atoms with Crippen LogP contribution in [0.4, 0.5) is 0 Å². The highest BCUT2D eigenvalue weighted by Gasteiger charge is 2.33. The maximum absolute atomic E-state index is 12.6. The number of benzene rings is 1. The second-order valence-electron chi connectivity index (χ2n) is 8.44. The van der Waals surface area contributed by atoms with Gasteiger partial charge in [0.1, 0.15) is 0 Å². The fraction of sp³-hybridized carbons (Fsp3) is 0.682. The highest BCUT2D eigenvalue weighted by Crippen LogP contribution is 2.27. The fourth-order valence-electron chi connectivity index (χ4n) is 5.02. The third-order valence-electron chi connectivity index (χ3n) is 6.72. The van der Waals surface area contributed by atoms with Crippen LogP contribution in [0.15, 0.2) is 24.3 Å². The monoisotopic (exact) mass is 389 g/mol. The third kappa shape index (κ3) is 4.67. The lowest BCUT2D eigenvalue weighted by atomic mass is 9.92. The highest BCUT2D eigenvalue weighted by molar-refractivity contribution is 6.31. The van der Waals surface area contributed by atoms with Gasteiger partial charge in [-0.25, -0.2) is 0 Å². The maximum Gasteiger partial charge on any atom is 0.225 e. The molecule has 0 atom stereocenters. The van der Waals surface area contributed by atoms with Gasteiger partial charge in [0, 0.05) is 36.6 Å². The normalized spacial score (nSPS) is 23.8. The van der Waals surface area contributed by atoms with E-state index >= 15 is 0 Å². The number of carbonyl (C=O) groups excluding carboxylic acids is 1. The van der Waals surface area contributed by atoms with Crippen molar-refractivity contribution in [3.63, 3.8) is 0 Å². The quantitative estimate of drug-likeness (QED) is 0.786. The Kier molecular flexibility index (Phi) is 6.36. The van der Waals surface area contributed by atoms with Gasteiger partial charge in [-0.05, 0) is 76.3 Å². The Morgan fingerprint density at radius 3 is 2.26 bits per heavy atom. The Labute approximate surface area is 168 Å². The van der Waals surface area contributed by atoms with Crippen molar-refractivity contribution in [1.29, 1.82) is 0 Å². The average molecular weight is 390 g/mol. The molecule has 3 heterocycles. The van der Waals surface area contributed by atoms with Crippen molar-refractivity contribution in [3.05, 3.63) is 34.9 Å². The highest BCUT2D eigenvalue weighted by atomic mass is 35.5. The van der Waals surface area contributed by atoms with Crippen LogP contribution in [-0.2, 0) is 11.3 Å². The molecular weight excluding hydrogens is 358 g/mol. The van der Waals surface area contributed by atoms with E-state index < -0.39 is 0 Å². The van der Waals surface area contributed by atoms with Crippen molar-refractivity contribution in [2.45, 2.75) is 51.1 Å². The zero-order chi connectivity index (χ0) is 18.6. The number of hydrogen-bond donors (Lipinski definition) is 0. The van der Waals surface area contributed by atoms with E-state index in [0.29, 0.717) is 11.9 Å². The molecule has 3 saturated heterocycles. The van der Waals surface area contributed by atoms with E-state index in [2.05, 4.69) is 26.8 Å². The van der Waals surface area contributed by atoms with Crippen LogP contribution in [0, 0.1) is 5.92 Å². The topological polar surface area (TPSA) is 26.8 Å². The van der Waals surface area contributed by atoms with E-state index in [1.165, 1.54) is 31.2 Å². The van der Waals surface area contributed by atoms with Crippen molar-refractivity contribution in [3.8, 4) is 0 Å². The molecule has 0 radical (unpaired) electrons. The van der Waals surface area contributed by atoms with Gasteiger partial charge in [-0.3, -0.25) is 9.69 Å². The summed E-state index contributed by atoms with van der Waals surface area (Å²) < 4.78 is 0. The first-order valence-electron chi connectivity index (χ1n) is 10.7. The van der Waals surface area contributed by atoms with Crippen LogP contribution in [0.3, 0.4) is 0 Å². The molecule has 1 aromatic rings. The van der Waals surface area contributed by atoms with Crippen LogP contribution in [0.25, 0.3) is 0 Å². The lowest BCUT2D eigenvalue weighted by molar-refractivity contribution is -0.136. The molecule has 0 spiro atoms. The number of amides is 1. The van der Waals surface area contributed by atoms with Crippen LogP contribution in [0.5, 0.6) is 0 Å². The molecule has 0 bridgehead atoms. The molecule has 0 N–H and O–H groups in total. The third-order valence-corrected chi connectivity index (χ3v) is 7.09. The zero-order valence-electron chi connectivity index (χ0n) is 16.3. The molecule has 1 amide bonds. The standard InChI is InChI=1S/C22H32ClN3O/c23-21-6-2-1-5-19(21)17-24-13-9-20(10-14-24)25-15-7-18(8-16-25)22(27)26-11-3-4-12-26/h1-2,5-6,18,20H,3-4,7-17H2. The second-order valence-corrected chi connectivity index (χ2v) is 8.85. The van der Waals surface area contributed by atoms with Gasteiger partial charge in [0.25, 0.3) is 0 Å². The van der Waals surface area contributed by atoms with Crippen LogP contribution < -0.4 is 0 Å². The van der Waals surface area contributed by atoms with Crippen molar-refractivity contribution in [1.82, 2.24) is 14.7 Å². The van der Waals surface area contributed by atoms with Gasteiger partial charge in [-0.1, -0.05) is 29.8 Å². The summed E-state index contributed by atoms with van der Waals surface area (Å²) in [6.45, 7) is 7.41. The summed E-state index contributed by atoms with van der Waals surface area (Å²) in [6.07, 6.45) is 6.95. The van der Waals surface area contributed by atoms with E-state index in [1.54, 1.807) is 0 Å². The van der Waals surface area contributed by atoms with Gasteiger partial charge in [0.2, 0.25) is 5.91 Å². The lowest BCUT2D eigenvalue weighted by Crippen LogP contribution is -2.49. The predicted octanol–water partition coefficient (Wildman–Crippen LogP) is 3.64. The Bertz CT molecular complexity index is 630. The summed E-state index contributed by atoms with van der Waals surface area (Å²) in [5.74, 6) is 0.710. The van der Waals surface area contributed by atoms with E-state index in [9.17, 15) is 4.79 Å². The molecule has 0 unspecified atom stereocenters. The summed E-state index contributed by atoms with van der Waals surface area (Å²) >= 11 is 6.31. The maximum atomic E-state index is 12.6. The Morgan fingerprint density at radius 2 is 1.59 bits per heavy atom. The van der Waals surface area contributed by atoms with E-state index in [4.69, 9.17) is 11.6 Å². The van der Waals surface area contributed by atoms with Crippen molar-refractivity contribution in [2.75, 3.05) is 39.3 Å². The van der Waals surface area contributed by atoms with E-state index in [-0.39, 0.29) is 5.92 Å². The largest absolute Gasteiger partial charge is 0.342 e. The molecule has 3 aliphatic rings.